The van der Waals surface area contributed by atoms with E-state index in [-0.39, 0.29) is 5.41 Å². The van der Waals surface area contributed by atoms with Gasteiger partial charge in [-0.1, -0.05) is 0 Å². The van der Waals surface area contributed by atoms with Crippen molar-refractivity contribution in [3.8, 4) is 0 Å². The summed E-state index contributed by atoms with van der Waals surface area (Å²) in [7, 11) is 0. The first-order valence-corrected chi connectivity index (χ1v) is 19.0. The zero-order chi connectivity index (χ0) is 18.9. The maximum absolute atomic E-state index is 11.6. The molecule has 1 saturated carbocycles. The van der Waals surface area contributed by atoms with E-state index in [0.717, 1.165) is 22.2 Å². The van der Waals surface area contributed by atoms with Gasteiger partial charge in [-0.3, -0.25) is 0 Å². The summed E-state index contributed by atoms with van der Waals surface area (Å²) in [4.78, 5) is 11.6. The van der Waals surface area contributed by atoms with Crippen molar-refractivity contribution in [2.45, 2.75) is 117 Å². The van der Waals surface area contributed by atoms with E-state index in [1.807, 2.05) is 0 Å². The molecule has 1 aliphatic carbocycles. The molecular formula is C23H46OSn. The average molecular weight is 457 g/mol. The van der Waals surface area contributed by atoms with Crippen molar-refractivity contribution >= 4 is 24.7 Å². The molecule has 2 heteroatoms. The summed E-state index contributed by atoms with van der Waals surface area (Å²) in [5, 5.41) is 0. The van der Waals surface area contributed by atoms with E-state index in [1.54, 1.807) is 13.3 Å². The Morgan fingerprint density at radius 1 is 0.920 bits per heavy atom. The van der Waals surface area contributed by atoms with Gasteiger partial charge in [-0.25, -0.2) is 0 Å². The van der Waals surface area contributed by atoms with E-state index in [4.69, 9.17) is 0 Å². The van der Waals surface area contributed by atoms with Gasteiger partial charge in [0.15, 0.2) is 0 Å². The Morgan fingerprint density at radius 3 is 1.80 bits per heavy atom. The van der Waals surface area contributed by atoms with E-state index < -0.39 is 18.4 Å². The molecule has 3 atom stereocenters. The van der Waals surface area contributed by atoms with Gasteiger partial charge in [0.1, 0.15) is 0 Å². The first-order valence-electron chi connectivity index (χ1n) is 11.3. The summed E-state index contributed by atoms with van der Waals surface area (Å²) < 4.78 is 5.91. The SMILES string of the molecule is CCC[CH2][Sn]([CH2]CCC)([CH2]CCC)[CH]1C(C)CCC1CC(C)(C)C=O. The van der Waals surface area contributed by atoms with Crippen LogP contribution in [0.3, 0.4) is 0 Å². The predicted molar refractivity (Wildman–Crippen MR) is 115 cm³/mol. The van der Waals surface area contributed by atoms with E-state index in [9.17, 15) is 4.79 Å². The predicted octanol–water partition coefficient (Wildman–Crippen LogP) is 7.87. The maximum atomic E-state index is 11.6. The summed E-state index contributed by atoms with van der Waals surface area (Å²) in [5.74, 6) is 1.77. The van der Waals surface area contributed by atoms with Gasteiger partial charge in [-0.2, -0.15) is 0 Å². The van der Waals surface area contributed by atoms with Gasteiger partial charge in [0.05, 0.1) is 0 Å². The number of unbranched alkanes of at least 4 members (excludes halogenated alkanes) is 3. The van der Waals surface area contributed by atoms with E-state index in [2.05, 4.69) is 41.5 Å². The molecule has 0 bridgehead atoms. The molecule has 0 aromatic rings. The second-order valence-electron chi connectivity index (χ2n) is 9.82. The summed E-state index contributed by atoms with van der Waals surface area (Å²) in [5.41, 5.74) is -0.120. The van der Waals surface area contributed by atoms with Crippen LogP contribution in [0.1, 0.15) is 99.3 Å². The third-order valence-corrected chi connectivity index (χ3v) is 25.6. The fraction of sp³-hybridized carbons (Fsp3) is 0.957. The Labute approximate surface area is 163 Å². The first-order chi connectivity index (χ1) is 11.9. The number of rotatable bonds is 13. The fourth-order valence-electron chi connectivity index (χ4n) is 5.82. The molecule has 1 aliphatic rings. The minimum atomic E-state index is -2.21. The second-order valence-corrected chi connectivity index (χ2v) is 23.8. The zero-order valence-corrected chi connectivity index (χ0v) is 21.1. The summed E-state index contributed by atoms with van der Waals surface area (Å²) >= 11 is -2.21. The summed E-state index contributed by atoms with van der Waals surface area (Å²) in [6, 6.07) is 0. The molecule has 1 nitrogen and oxygen atoms in total. The number of aldehydes is 1. The first kappa shape index (κ1) is 23.5. The molecule has 0 aliphatic heterocycles. The normalized spacial score (nSPS) is 24.6. The van der Waals surface area contributed by atoms with Gasteiger partial charge in [0, 0.05) is 0 Å². The van der Waals surface area contributed by atoms with Gasteiger partial charge in [-0.15, -0.1) is 0 Å². The molecule has 148 valence electrons. The molecule has 1 rings (SSSR count). The molecule has 0 aromatic carbocycles. The third kappa shape index (κ3) is 6.85. The Kier molecular flexibility index (Phi) is 10.7. The average Bonchev–Trinajstić information content (AvgIpc) is 2.95. The van der Waals surface area contributed by atoms with Crippen LogP contribution >= 0.6 is 0 Å². The second kappa shape index (κ2) is 11.3. The topological polar surface area (TPSA) is 17.1 Å². The number of hydrogen-bond acceptors (Lipinski definition) is 1. The van der Waals surface area contributed by atoms with Crippen LogP contribution in [0.15, 0.2) is 0 Å². The number of carbonyl (C=O) groups excluding carboxylic acids is 1. The number of carbonyl (C=O) groups is 1. The Balaban J connectivity index is 3.12. The fourth-order valence-corrected chi connectivity index (χ4v) is 27.5. The van der Waals surface area contributed by atoms with E-state index >= 15 is 0 Å². The van der Waals surface area contributed by atoms with Crippen LogP contribution in [0.5, 0.6) is 0 Å². The minimum absolute atomic E-state index is 0.120. The molecule has 0 amide bonds. The molecule has 3 unspecified atom stereocenters. The zero-order valence-electron chi connectivity index (χ0n) is 18.2. The third-order valence-electron chi connectivity index (χ3n) is 7.01. The van der Waals surface area contributed by atoms with Crippen molar-refractivity contribution < 1.29 is 4.79 Å². The molecule has 0 aromatic heterocycles. The number of hydrogen-bond donors (Lipinski definition) is 0. The molecule has 1 fully saturated rings. The van der Waals surface area contributed by atoms with Crippen LogP contribution in [0.4, 0.5) is 0 Å². The van der Waals surface area contributed by atoms with Crippen molar-refractivity contribution in [2.75, 3.05) is 0 Å². The van der Waals surface area contributed by atoms with Gasteiger partial charge >= 0.3 is 163 Å². The molecular weight excluding hydrogens is 411 g/mol. The van der Waals surface area contributed by atoms with Crippen molar-refractivity contribution in [1.82, 2.24) is 0 Å². The monoisotopic (exact) mass is 458 g/mol. The summed E-state index contributed by atoms with van der Waals surface area (Å²) in [6.45, 7) is 14.0. The van der Waals surface area contributed by atoms with Crippen molar-refractivity contribution in [3.63, 3.8) is 0 Å². The molecule has 0 spiro atoms. The van der Waals surface area contributed by atoms with Crippen LogP contribution in [-0.2, 0) is 4.79 Å². The van der Waals surface area contributed by atoms with Crippen molar-refractivity contribution in [2.24, 2.45) is 17.3 Å². The molecule has 25 heavy (non-hydrogen) atoms. The van der Waals surface area contributed by atoms with Crippen LogP contribution in [0, 0.1) is 17.3 Å². The van der Waals surface area contributed by atoms with Gasteiger partial charge in [0.2, 0.25) is 0 Å². The van der Waals surface area contributed by atoms with Crippen LogP contribution in [0.2, 0.25) is 17.2 Å². The molecule has 0 saturated heterocycles. The molecule has 0 radical (unpaired) electrons. The molecule has 0 heterocycles. The van der Waals surface area contributed by atoms with E-state index in [0.29, 0.717) is 0 Å². The Hall–Kier alpha value is 0.469. The van der Waals surface area contributed by atoms with Gasteiger partial charge in [-0.05, 0) is 0 Å². The Morgan fingerprint density at radius 2 is 1.40 bits per heavy atom. The van der Waals surface area contributed by atoms with Crippen molar-refractivity contribution in [1.29, 1.82) is 0 Å². The standard InChI is InChI=1S/C11H19O.3C4H9.Sn/c1-9-4-5-10(6-9)7-11(2,3)8-12;3*1-3-4-2;/h6,8-10H,4-5,7H2,1-3H3;3*1,3-4H2,2H3;. The molecule has 0 N–H and O–H groups in total. The Bertz CT molecular complexity index is 355. The van der Waals surface area contributed by atoms with E-state index in [1.165, 1.54) is 57.7 Å². The van der Waals surface area contributed by atoms with Crippen LogP contribution in [0.25, 0.3) is 0 Å². The van der Waals surface area contributed by atoms with Gasteiger partial charge < -0.3 is 0 Å². The van der Waals surface area contributed by atoms with Crippen LogP contribution in [-0.4, -0.2) is 24.7 Å². The van der Waals surface area contributed by atoms with Crippen molar-refractivity contribution in [3.05, 3.63) is 0 Å². The quantitative estimate of drug-likeness (QED) is 0.203. The van der Waals surface area contributed by atoms with Crippen LogP contribution < -0.4 is 0 Å². The summed E-state index contributed by atoms with van der Waals surface area (Å²) in [6.07, 6.45) is 13.7. The van der Waals surface area contributed by atoms with Gasteiger partial charge in [0.25, 0.3) is 0 Å².